The number of hydrogen-bond acceptors (Lipinski definition) is 5. The lowest BCUT2D eigenvalue weighted by atomic mass is 10.2. The molecule has 0 aliphatic rings. The highest BCUT2D eigenvalue weighted by atomic mass is 32.2. The number of nitrogens with one attached hydrogen (secondary N) is 1. The second-order valence-electron chi connectivity index (χ2n) is 5.21. The molecule has 25 heavy (non-hydrogen) atoms. The molecule has 6 nitrogen and oxygen atoms in total. The van der Waals surface area contributed by atoms with Gasteiger partial charge < -0.3 is 20.5 Å². The fraction of sp³-hybridized carbons (Fsp3) is 0.222. The number of thioether (sulfide) groups is 1. The van der Waals surface area contributed by atoms with Crippen molar-refractivity contribution >= 4 is 29.3 Å². The zero-order chi connectivity index (χ0) is 18.4. The molecular formula is C18H20N2O4S. The molecule has 2 aromatic rings. The number of methoxy groups -OCH3 is 2. The van der Waals surface area contributed by atoms with Crippen LogP contribution in [0.4, 0.5) is 5.69 Å². The van der Waals surface area contributed by atoms with E-state index in [0.717, 1.165) is 4.90 Å². The Bertz CT molecular complexity index is 762. The van der Waals surface area contributed by atoms with Gasteiger partial charge in [-0.15, -0.1) is 11.8 Å². The zero-order valence-electron chi connectivity index (χ0n) is 14.2. The van der Waals surface area contributed by atoms with E-state index in [-0.39, 0.29) is 11.2 Å². The van der Waals surface area contributed by atoms with Crippen molar-refractivity contribution < 1.29 is 19.1 Å². The normalized spacial score (nSPS) is 11.5. The zero-order valence-corrected chi connectivity index (χ0v) is 15.1. The SMILES string of the molecule is COc1ccc(S[C@H](C)C(=O)Nc2ccc(C(N)=O)cc2)cc1OC. The Hall–Kier alpha value is -2.67. The number of primary amides is 1. The van der Waals surface area contributed by atoms with Crippen LogP contribution in [-0.4, -0.2) is 31.3 Å². The van der Waals surface area contributed by atoms with E-state index in [1.54, 1.807) is 44.6 Å². The van der Waals surface area contributed by atoms with Gasteiger partial charge in [-0.05, 0) is 49.4 Å². The minimum absolute atomic E-state index is 0.147. The highest BCUT2D eigenvalue weighted by molar-refractivity contribution is 8.00. The van der Waals surface area contributed by atoms with E-state index in [2.05, 4.69) is 5.32 Å². The second kappa shape index (κ2) is 8.43. The first-order chi connectivity index (χ1) is 11.9. The largest absolute Gasteiger partial charge is 0.493 e. The van der Waals surface area contributed by atoms with Crippen molar-refractivity contribution in [2.45, 2.75) is 17.1 Å². The Morgan fingerprint density at radius 3 is 2.24 bits per heavy atom. The number of carbonyl (C=O) groups is 2. The Labute approximate surface area is 150 Å². The van der Waals surface area contributed by atoms with Crippen LogP contribution < -0.4 is 20.5 Å². The Morgan fingerprint density at radius 2 is 1.68 bits per heavy atom. The summed E-state index contributed by atoms with van der Waals surface area (Å²) in [5.74, 6) is 0.600. The van der Waals surface area contributed by atoms with Crippen LogP contribution in [-0.2, 0) is 4.79 Å². The maximum Gasteiger partial charge on any atom is 0.248 e. The smallest absolute Gasteiger partial charge is 0.248 e. The summed E-state index contributed by atoms with van der Waals surface area (Å²) < 4.78 is 10.5. The fourth-order valence-electron chi connectivity index (χ4n) is 2.11. The molecule has 0 saturated heterocycles. The molecular weight excluding hydrogens is 340 g/mol. The minimum Gasteiger partial charge on any atom is -0.493 e. The molecule has 0 fully saturated rings. The topological polar surface area (TPSA) is 90.6 Å². The summed E-state index contributed by atoms with van der Waals surface area (Å²) in [6.07, 6.45) is 0. The first-order valence-corrected chi connectivity index (χ1v) is 8.42. The van der Waals surface area contributed by atoms with Crippen LogP contribution in [0.3, 0.4) is 0 Å². The lowest BCUT2D eigenvalue weighted by Gasteiger charge is -2.14. The number of benzene rings is 2. The molecule has 0 bridgehead atoms. The predicted molar refractivity (Wildman–Crippen MR) is 98.5 cm³/mol. The van der Waals surface area contributed by atoms with Gasteiger partial charge in [0.2, 0.25) is 11.8 Å². The number of hydrogen-bond donors (Lipinski definition) is 2. The third-order valence-electron chi connectivity index (χ3n) is 3.47. The third kappa shape index (κ3) is 4.90. The van der Waals surface area contributed by atoms with Gasteiger partial charge >= 0.3 is 0 Å². The van der Waals surface area contributed by atoms with Gasteiger partial charge in [-0.3, -0.25) is 9.59 Å². The van der Waals surface area contributed by atoms with Crippen molar-refractivity contribution in [3.63, 3.8) is 0 Å². The van der Waals surface area contributed by atoms with Gasteiger partial charge in [-0.2, -0.15) is 0 Å². The number of nitrogens with two attached hydrogens (primary N) is 1. The molecule has 0 heterocycles. The maximum absolute atomic E-state index is 12.3. The molecule has 7 heteroatoms. The number of amides is 2. The average molecular weight is 360 g/mol. The number of ether oxygens (including phenoxy) is 2. The van der Waals surface area contributed by atoms with E-state index in [4.69, 9.17) is 15.2 Å². The van der Waals surface area contributed by atoms with E-state index in [1.807, 2.05) is 19.1 Å². The number of rotatable bonds is 7. The Morgan fingerprint density at radius 1 is 1.04 bits per heavy atom. The summed E-state index contributed by atoms with van der Waals surface area (Å²) in [4.78, 5) is 24.3. The lowest BCUT2D eigenvalue weighted by Crippen LogP contribution is -2.22. The monoisotopic (exact) mass is 360 g/mol. The van der Waals surface area contributed by atoms with E-state index in [0.29, 0.717) is 22.7 Å². The molecule has 2 aromatic carbocycles. The molecule has 0 aliphatic carbocycles. The molecule has 0 aliphatic heterocycles. The van der Waals surface area contributed by atoms with Crippen LogP contribution in [0.2, 0.25) is 0 Å². The first-order valence-electron chi connectivity index (χ1n) is 7.54. The van der Waals surface area contributed by atoms with Crippen molar-refractivity contribution in [2.75, 3.05) is 19.5 Å². The molecule has 0 aromatic heterocycles. The number of carbonyl (C=O) groups excluding carboxylic acids is 2. The van der Waals surface area contributed by atoms with Gasteiger partial charge in [0.15, 0.2) is 11.5 Å². The average Bonchev–Trinajstić information content (AvgIpc) is 2.61. The second-order valence-corrected chi connectivity index (χ2v) is 6.62. The van der Waals surface area contributed by atoms with Gasteiger partial charge in [-0.1, -0.05) is 0 Å². The molecule has 0 unspecified atom stereocenters. The summed E-state index contributed by atoms with van der Waals surface area (Å²) >= 11 is 1.41. The molecule has 0 spiro atoms. The Kier molecular flexibility index (Phi) is 6.30. The van der Waals surface area contributed by atoms with Crippen LogP contribution in [0.15, 0.2) is 47.4 Å². The van der Waals surface area contributed by atoms with Crippen molar-refractivity contribution in [3.05, 3.63) is 48.0 Å². The van der Waals surface area contributed by atoms with E-state index in [9.17, 15) is 9.59 Å². The molecule has 2 amide bonds. The van der Waals surface area contributed by atoms with Crippen molar-refractivity contribution in [3.8, 4) is 11.5 Å². The van der Waals surface area contributed by atoms with Crippen LogP contribution >= 0.6 is 11.8 Å². The summed E-state index contributed by atoms with van der Waals surface area (Å²) in [6, 6.07) is 11.9. The third-order valence-corrected chi connectivity index (χ3v) is 4.57. The van der Waals surface area contributed by atoms with Crippen molar-refractivity contribution in [1.29, 1.82) is 0 Å². The summed E-state index contributed by atoms with van der Waals surface area (Å²) in [5.41, 5.74) is 6.20. The predicted octanol–water partition coefficient (Wildman–Crippen LogP) is 2.92. The van der Waals surface area contributed by atoms with Gasteiger partial charge in [0.05, 0.1) is 19.5 Å². The van der Waals surface area contributed by atoms with E-state index < -0.39 is 5.91 Å². The van der Waals surface area contributed by atoms with Gasteiger partial charge in [0, 0.05) is 16.1 Å². The first kappa shape index (κ1) is 18.7. The highest BCUT2D eigenvalue weighted by Gasteiger charge is 2.16. The van der Waals surface area contributed by atoms with Crippen LogP contribution in [0.25, 0.3) is 0 Å². The summed E-state index contributed by atoms with van der Waals surface area (Å²) in [7, 11) is 3.14. The molecule has 0 radical (unpaired) electrons. The molecule has 2 rings (SSSR count). The molecule has 3 N–H and O–H groups in total. The highest BCUT2D eigenvalue weighted by Crippen LogP contribution is 2.33. The van der Waals surface area contributed by atoms with Gasteiger partial charge in [0.25, 0.3) is 0 Å². The summed E-state index contributed by atoms with van der Waals surface area (Å²) in [6.45, 7) is 1.81. The van der Waals surface area contributed by atoms with E-state index >= 15 is 0 Å². The maximum atomic E-state index is 12.3. The van der Waals surface area contributed by atoms with Gasteiger partial charge in [0.1, 0.15) is 0 Å². The van der Waals surface area contributed by atoms with Crippen LogP contribution in [0, 0.1) is 0 Å². The Balaban J connectivity index is 2.01. The molecule has 1 atom stereocenters. The molecule has 0 saturated carbocycles. The van der Waals surface area contributed by atoms with Crippen molar-refractivity contribution in [1.82, 2.24) is 0 Å². The van der Waals surface area contributed by atoms with Crippen molar-refractivity contribution in [2.24, 2.45) is 5.73 Å². The standard InChI is InChI=1S/C18H20N2O4S/c1-11(25-14-8-9-15(23-2)16(10-14)24-3)18(22)20-13-6-4-12(5-7-13)17(19)21/h4-11H,1-3H3,(H2,19,21)(H,20,22)/t11-/m1/s1. The molecule has 132 valence electrons. The number of anilines is 1. The lowest BCUT2D eigenvalue weighted by molar-refractivity contribution is -0.115. The van der Waals surface area contributed by atoms with Crippen LogP contribution in [0.5, 0.6) is 11.5 Å². The van der Waals surface area contributed by atoms with Gasteiger partial charge in [-0.25, -0.2) is 0 Å². The van der Waals surface area contributed by atoms with E-state index in [1.165, 1.54) is 11.8 Å². The van der Waals surface area contributed by atoms with Crippen LogP contribution in [0.1, 0.15) is 17.3 Å². The quantitative estimate of drug-likeness (QED) is 0.741. The fourth-order valence-corrected chi connectivity index (χ4v) is 3.01. The minimum atomic E-state index is -0.504. The summed E-state index contributed by atoms with van der Waals surface area (Å²) in [5, 5.41) is 2.49.